The predicted molar refractivity (Wildman–Crippen MR) is 30.9 cm³/mol. The molecule has 0 amide bonds. The van der Waals surface area contributed by atoms with E-state index in [1.807, 2.05) is 0 Å². The number of rotatable bonds is 1. The van der Waals surface area contributed by atoms with Crippen LogP contribution < -0.4 is 0 Å². The third-order valence-electron chi connectivity index (χ3n) is 1.66. The Bertz CT molecular complexity index is 63.1. The second-order valence-electron chi connectivity index (χ2n) is 2.18. The Kier molecular flexibility index (Phi) is 1.57. The second kappa shape index (κ2) is 2.03. The van der Waals surface area contributed by atoms with Gasteiger partial charge in [0.05, 0.1) is 0 Å². The fourth-order valence-electron chi connectivity index (χ4n) is 0.768. The summed E-state index contributed by atoms with van der Waals surface area (Å²) < 4.78 is 11.6. The van der Waals surface area contributed by atoms with Gasteiger partial charge in [-0.05, 0) is 18.8 Å². The minimum atomic E-state index is 0.333. The maximum atomic E-state index is 11.6. The molecule has 42 valence electrons. The summed E-state index contributed by atoms with van der Waals surface area (Å²) >= 11 is 0.520. The lowest BCUT2D eigenvalue weighted by molar-refractivity contribution is 0.359. The van der Waals surface area contributed by atoms with Gasteiger partial charge < -0.3 is 0 Å². The molecule has 2 heteroatoms. The summed E-state index contributed by atoms with van der Waals surface area (Å²) in [6.45, 7) is 2.10. The highest BCUT2D eigenvalue weighted by atomic mass is 32.2. The Balaban J connectivity index is 2.16. The van der Waals surface area contributed by atoms with Crippen molar-refractivity contribution < 1.29 is 3.89 Å². The molecule has 1 rings (SSSR count). The van der Waals surface area contributed by atoms with Crippen molar-refractivity contribution in [1.82, 2.24) is 0 Å². The van der Waals surface area contributed by atoms with Gasteiger partial charge in [0.15, 0.2) is 0 Å². The first-order chi connectivity index (χ1) is 3.34. The topological polar surface area (TPSA) is 0 Å². The molecule has 0 aromatic carbocycles. The Morgan fingerprint density at radius 2 is 2.29 bits per heavy atom. The maximum absolute atomic E-state index is 11.6. The lowest BCUT2D eigenvalue weighted by atomic mass is 9.87. The zero-order valence-corrected chi connectivity index (χ0v) is 5.17. The third kappa shape index (κ3) is 0.904. The number of hydrogen-bond donors (Lipinski definition) is 0. The largest absolute Gasteiger partial charge is 0.165 e. The summed E-state index contributed by atoms with van der Waals surface area (Å²) in [7, 11) is 0. The van der Waals surface area contributed by atoms with Crippen LogP contribution in [-0.2, 0) is 0 Å². The predicted octanol–water partition coefficient (Wildman–Crippen LogP) is 2.40. The molecule has 2 unspecified atom stereocenters. The van der Waals surface area contributed by atoms with E-state index in [0.29, 0.717) is 23.3 Å². The molecule has 1 aliphatic rings. The Labute approximate surface area is 47.8 Å². The smallest absolute Gasteiger partial charge is 0.0480 e. The molecule has 0 radical (unpaired) electrons. The molecule has 0 bridgehead atoms. The van der Waals surface area contributed by atoms with Crippen molar-refractivity contribution in [3.8, 4) is 0 Å². The van der Waals surface area contributed by atoms with Gasteiger partial charge in [-0.2, -0.15) is 3.89 Å². The minimum absolute atomic E-state index is 0.333. The SMILES string of the molecule is CC1CCC1SF. The molecule has 1 fully saturated rings. The molecule has 1 saturated carbocycles. The summed E-state index contributed by atoms with van der Waals surface area (Å²) in [4.78, 5) is 0. The zero-order chi connectivity index (χ0) is 5.28. The van der Waals surface area contributed by atoms with Gasteiger partial charge in [0, 0.05) is 17.4 Å². The molecular formula is C5H9FS. The van der Waals surface area contributed by atoms with Crippen LogP contribution >= 0.6 is 12.1 Å². The van der Waals surface area contributed by atoms with Gasteiger partial charge in [-0.25, -0.2) is 0 Å². The summed E-state index contributed by atoms with van der Waals surface area (Å²) in [5.41, 5.74) is 0. The van der Waals surface area contributed by atoms with Gasteiger partial charge >= 0.3 is 0 Å². The van der Waals surface area contributed by atoms with E-state index < -0.39 is 0 Å². The lowest BCUT2D eigenvalue weighted by Gasteiger charge is -2.29. The zero-order valence-electron chi connectivity index (χ0n) is 4.36. The van der Waals surface area contributed by atoms with Crippen molar-refractivity contribution >= 4 is 12.1 Å². The van der Waals surface area contributed by atoms with Crippen LogP contribution in [0.15, 0.2) is 0 Å². The van der Waals surface area contributed by atoms with Crippen molar-refractivity contribution in [2.75, 3.05) is 0 Å². The number of halogens is 1. The van der Waals surface area contributed by atoms with Crippen LogP contribution in [0.4, 0.5) is 3.89 Å². The van der Waals surface area contributed by atoms with Crippen molar-refractivity contribution in [2.45, 2.75) is 25.0 Å². The molecule has 0 heterocycles. The Morgan fingerprint density at radius 3 is 2.29 bits per heavy atom. The molecular weight excluding hydrogens is 111 g/mol. The van der Waals surface area contributed by atoms with Crippen LogP contribution in [0.25, 0.3) is 0 Å². The molecule has 0 spiro atoms. The quantitative estimate of drug-likeness (QED) is 0.512. The van der Waals surface area contributed by atoms with E-state index in [4.69, 9.17) is 0 Å². The van der Waals surface area contributed by atoms with Gasteiger partial charge in [-0.3, -0.25) is 0 Å². The molecule has 0 nitrogen and oxygen atoms in total. The van der Waals surface area contributed by atoms with E-state index in [9.17, 15) is 3.89 Å². The monoisotopic (exact) mass is 120 g/mol. The molecule has 0 aliphatic heterocycles. The van der Waals surface area contributed by atoms with Crippen LogP contribution in [0, 0.1) is 5.92 Å². The highest BCUT2D eigenvalue weighted by Gasteiger charge is 2.27. The van der Waals surface area contributed by atoms with Crippen molar-refractivity contribution in [1.29, 1.82) is 0 Å². The van der Waals surface area contributed by atoms with E-state index in [-0.39, 0.29) is 0 Å². The van der Waals surface area contributed by atoms with E-state index >= 15 is 0 Å². The van der Waals surface area contributed by atoms with Gasteiger partial charge in [0.1, 0.15) is 0 Å². The van der Waals surface area contributed by atoms with Crippen molar-refractivity contribution in [3.05, 3.63) is 0 Å². The Morgan fingerprint density at radius 1 is 1.57 bits per heavy atom. The highest BCUT2D eigenvalue weighted by Crippen LogP contribution is 2.37. The lowest BCUT2D eigenvalue weighted by Crippen LogP contribution is -2.24. The summed E-state index contributed by atoms with van der Waals surface area (Å²) in [5, 5.41) is 0.333. The average molecular weight is 120 g/mol. The third-order valence-corrected chi connectivity index (χ3v) is 2.58. The molecule has 2 atom stereocenters. The van der Waals surface area contributed by atoms with Crippen LogP contribution in [0.2, 0.25) is 0 Å². The van der Waals surface area contributed by atoms with Crippen LogP contribution in [0.5, 0.6) is 0 Å². The fourth-order valence-corrected chi connectivity index (χ4v) is 1.31. The molecule has 0 aromatic rings. The fraction of sp³-hybridized carbons (Fsp3) is 1.00. The molecule has 0 aromatic heterocycles. The first-order valence-corrected chi connectivity index (χ1v) is 3.40. The van der Waals surface area contributed by atoms with E-state index in [0.717, 1.165) is 6.42 Å². The van der Waals surface area contributed by atoms with Crippen LogP contribution in [0.1, 0.15) is 19.8 Å². The van der Waals surface area contributed by atoms with Crippen molar-refractivity contribution in [2.24, 2.45) is 5.92 Å². The minimum Gasteiger partial charge on any atom is -0.165 e. The number of hydrogen-bond acceptors (Lipinski definition) is 1. The standard InChI is InChI=1S/C5H9FS/c1-4-2-3-5(4)7-6/h4-5H,2-3H2,1H3. The normalized spacial score (nSPS) is 40.3. The van der Waals surface area contributed by atoms with E-state index in [2.05, 4.69) is 6.92 Å². The van der Waals surface area contributed by atoms with Crippen LogP contribution in [-0.4, -0.2) is 5.25 Å². The highest BCUT2D eigenvalue weighted by molar-refractivity contribution is 7.95. The summed E-state index contributed by atoms with van der Waals surface area (Å²) in [5.74, 6) is 0.634. The van der Waals surface area contributed by atoms with Gasteiger partial charge in [-0.15, -0.1) is 0 Å². The van der Waals surface area contributed by atoms with E-state index in [1.165, 1.54) is 6.42 Å². The Hall–Kier alpha value is 0.280. The van der Waals surface area contributed by atoms with Gasteiger partial charge in [0.2, 0.25) is 0 Å². The molecule has 1 aliphatic carbocycles. The van der Waals surface area contributed by atoms with E-state index in [1.54, 1.807) is 0 Å². The molecule has 7 heavy (non-hydrogen) atoms. The summed E-state index contributed by atoms with van der Waals surface area (Å²) in [6, 6.07) is 0. The first kappa shape index (κ1) is 5.42. The second-order valence-corrected chi connectivity index (χ2v) is 2.97. The average Bonchev–Trinajstić information content (AvgIpc) is 1.65. The van der Waals surface area contributed by atoms with Crippen LogP contribution in [0.3, 0.4) is 0 Å². The molecule has 0 N–H and O–H groups in total. The maximum Gasteiger partial charge on any atom is 0.0480 e. The molecule has 0 saturated heterocycles. The van der Waals surface area contributed by atoms with Gasteiger partial charge in [0.25, 0.3) is 0 Å². The first-order valence-electron chi connectivity index (χ1n) is 2.62. The van der Waals surface area contributed by atoms with Gasteiger partial charge in [-0.1, -0.05) is 6.92 Å². The summed E-state index contributed by atoms with van der Waals surface area (Å²) in [6.07, 6.45) is 2.31. The van der Waals surface area contributed by atoms with Crippen molar-refractivity contribution in [3.63, 3.8) is 0 Å².